The molecule has 1 spiro atoms. The summed E-state index contributed by atoms with van der Waals surface area (Å²) in [5.41, 5.74) is 19.9. The zero-order chi connectivity index (χ0) is 42.9. The summed E-state index contributed by atoms with van der Waals surface area (Å²) in [6.45, 7) is 0. The van der Waals surface area contributed by atoms with Gasteiger partial charge >= 0.3 is 0 Å². The second kappa shape index (κ2) is 14.8. The fourth-order valence-electron chi connectivity index (χ4n) is 10.8. The molecule has 1 aromatic heterocycles. The van der Waals surface area contributed by atoms with Crippen molar-refractivity contribution in [3.05, 3.63) is 259 Å². The topological polar surface area (TPSA) is 38.7 Å². The average Bonchev–Trinajstić information content (AvgIpc) is 3.86. The van der Waals surface area contributed by atoms with Crippen LogP contribution in [0.4, 0.5) is 0 Å². The lowest BCUT2D eigenvalue weighted by Crippen LogP contribution is -2.25. The van der Waals surface area contributed by atoms with Crippen LogP contribution < -0.4 is 0 Å². The van der Waals surface area contributed by atoms with E-state index < -0.39 is 0 Å². The number of fused-ring (bicyclic) bond motifs is 11. The van der Waals surface area contributed by atoms with Gasteiger partial charge in [0.2, 0.25) is 0 Å². The zero-order valence-electron chi connectivity index (χ0n) is 35.4. The van der Waals surface area contributed by atoms with Crippen molar-refractivity contribution in [2.24, 2.45) is 0 Å². The second-order valence-electron chi connectivity index (χ2n) is 17.0. The molecular formula is C62H39N3. The molecular weight excluding hydrogens is 787 g/mol. The molecule has 0 saturated carbocycles. The molecule has 0 aliphatic heterocycles. The van der Waals surface area contributed by atoms with E-state index in [1.807, 2.05) is 12.1 Å². The number of rotatable bonds is 6. The molecule has 13 rings (SSSR count). The van der Waals surface area contributed by atoms with Crippen LogP contribution >= 0.6 is 0 Å². The molecule has 1 heterocycles. The van der Waals surface area contributed by atoms with E-state index in [9.17, 15) is 0 Å². The lowest BCUT2D eigenvalue weighted by Gasteiger charge is -2.30. The lowest BCUT2D eigenvalue weighted by molar-refractivity contribution is 0.794. The summed E-state index contributed by atoms with van der Waals surface area (Å²) >= 11 is 0. The maximum absolute atomic E-state index is 5.27. The highest BCUT2D eigenvalue weighted by Crippen LogP contribution is 2.64. The summed E-state index contributed by atoms with van der Waals surface area (Å²) in [7, 11) is 0. The molecule has 2 aliphatic carbocycles. The van der Waals surface area contributed by atoms with Crippen LogP contribution in [0, 0.1) is 0 Å². The van der Waals surface area contributed by atoms with E-state index in [1.165, 1.54) is 55.6 Å². The zero-order valence-corrected chi connectivity index (χ0v) is 35.4. The minimum Gasteiger partial charge on any atom is -0.208 e. The van der Waals surface area contributed by atoms with Gasteiger partial charge in [0.05, 0.1) is 5.41 Å². The summed E-state index contributed by atoms with van der Waals surface area (Å²) in [5, 5.41) is 2.27. The van der Waals surface area contributed by atoms with Gasteiger partial charge in [0, 0.05) is 16.7 Å². The molecule has 2 aliphatic rings. The molecule has 0 N–H and O–H groups in total. The van der Waals surface area contributed by atoms with Crippen molar-refractivity contribution < 1.29 is 0 Å². The van der Waals surface area contributed by atoms with Crippen LogP contribution in [0.15, 0.2) is 237 Å². The third-order valence-electron chi connectivity index (χ3n) is 13.6. The molecule has 0 unspecified atom stereocenters. The van der Waals surface area contributed by atoms with Crippen LogP contribution in [0.2, 0.25) is 0 Å². The number of hydrogen-bond acceptors (Lipinski definition) is 3. The number of aromatic nitrogens is 3. The van der Waals surface area contributed by atoms with Crippen molar-refractivity contribution in [1.29, 1.82) is 0 Å². The van der Waals surface area contributed by atoms with Gasteiger partial charge in [-0.2, -0.15) is 0 Å². The normalized spacial score (nSPS) is 12.7. The van der Waals surface area contributed by atoms with E-state index >= 15 is 0 Å². The highest BCUT2D eigenvalue weighted by molar-refractivity contribution is 6.01. The Kier molecular flexibility index (Phi) is 8.44. The fourth-order valence-corrected chi connectivity index (χ4v) is 10.8. The highest BCUT2D eigenvalue weighted by atomic mass is 15.0. The Bertz CT molecular complexity index is 3520. The van der Waals surface area contributed by atoms with Gasteiger partial charge in [-0.15, -0.1) is 0 Å². The predicted molar refractivity (Wildman–Crippen MR) is 266 cm³/mol. The molecule has 65 heavy (non-hydrogen) atoms. The average molecular weight is 826 g/mol. The van der Waals surface area contributed by atoms with Crippen LogP contribution in [-0.2, 0) is 5.41 Å². The van der Waals surface area contributed by atoms with Gasteiger partial charge in [-0.25, -0.2) is 15.0 Å². The summed E-state index contributed by atoms with van der Waals surface area (Å²) in [6, 6.07) is 85.1. The molecule has 0 fully saturated rings. The van der Waals surface area contributed by atoms with Gasteiger partial charge in [-0.05, 0) is 101 Å². The van der Waals surface area contributed by atoms with Gasteiger partial charge < -0.3 is 0 Å². The van der Waals surface area contributed by atoms with E-state index in [-0.39, 0.29) is 5.41 Å². The van der Waals surface area contributed by atoms with Crippen molar-refractivity contribution in [3.63, 3.8) is 0 Å². The largest absolute Gasteiger partial charge is 0.208 e. The molecule has 3 heteroatoms. The summed E-state index contributed by atoms with van der Waals surface area (Å²) < 4.78 is 0. The second-order valence-corrected chi connectivity index (χ2v) is 17.0. The van der Waals surface area contributed by atoms with Crippen LogP contribution in [0.5, 0.6) is 0 Å². The summed E-state index contributed by atoms with van der Waals surface area (Å²) in [4.78, 5) is 15.8. The molecule has 11 aromatic rings. The quantitative estimate of drug-likeness (QED) is 0.168. The van der Waals surface area contributed by atoms with Gasteiger partial charge in [-0.3, -0.25) is 0 Å². The first-order valence-corrected chi connectivity index (χ1v) is 22.3. The Morgan fingerprint density at radius 3 is 1.17 bits per heavy atom. The van der Waals surface area contributed by atoms with Crippen molar-refractivity contribution in [1.82, 2.24) is 15.0 Å². The molecule has 0 saturated heterocycles. The monoisotopic (exact) mass is 825 g/mol. The summed E-state index contributed by atoms with van der Waals surface area (Å²) in [6.07, 6.45) is 0. The molecule has 3 nitrogen and oxygen atoms in total. The molecule has 302 valence electrons. The van der Waals surface area contributed by atoms with Gasteiger partial charge in [-0.1, -0.05) is 224 Å². The smallest absolute Gasteiger partial charge is 0.164 e. The molecule has 0 radical (unpaired) electrons. The van der Waals surface area contributed by atoms with Crippen LogP contribution in [-0.4, -0.2) is 15.0 Å². The Morgan fingerprint density at radius 2 is 0.615 bits per heavy atom. The number of benzene rings is 10. The fraction of sp³-hybridized carbons (Fsp3) is 0.0161. The van der Waals surface area contributed by atoms with Gasteiger partial charge in [0.15, 0.2) is 17.5 Å². The molecule has 0 bridgehead atoms. The number of hydrogen-bond donors (Lipinski definition) is 0. The van der Waals surface area contributed by atoms with E-state index in [2.05, 4.69) is 224 Å². The van der Waals surface area contributed by atoms with E-state index in [0.717, 1.165) is 49.7 Å². The van der Waals surface area contributed by atoms with Crippen molar-refractivity contribution in [2.75, 3.05) is 0 Å². The first-order valence-electron chi connectivity index (χ1n) is 22.3. The molecule has 0 atom stereocenters. The van der Waals surface area contributed by atoms with Crippen molar-refractivity contribution in [2.45, 2.75) is 5.41 Å². The maximum Gasteiger partial charge on any atom is 0.164 e. The first kappa shape index (κ1) is 37.1. The maximum atomic E-state index is 5.27. The third kappa shape index (κ3) is 5.72. The SMILES string of the molecule is c1ccc(-c2ccccc2-c2nc(-c3ccc4cc(-c5cccc6c5-c5ccccc5C65c6ccccc6-c6ccccc65)ccc4c3)nc(-c3ccccc3-c3ccccc3)n2)cc1. The Hall–Kier alpha value is -8.53. The van der Waals surface area contributed by atoms with Crippen molar-refractivity contribution in [3.8, 4) is 89.8 Å². The Morgan fingerprint density at radius 1 is 0.231 bits per heavy atom. The Labute approximate surface area is 378 Å². The minimum absolute atomic E-state index is 0.383. The van der Waals surface area contributed by atoms with Crippen molar-refractivity contribution >= 4 is 10.8 Å². The molecule has 10 aromatic carbocycles. The van der Waals surface area contributed by atoms with E-state index in [0.29, 0.717) is 17.5 Å². The molecule has 0 amide bonds. The lowest BCUT2D eigenvalue weighted by atomic mass is 9.70. The van der Waals surface area contributed by atoms with Gasteiger partial charge in [0.1, 0.15) is 0 Å². The summed E-state index contributed by atoms with van der Waals surface area (Å²) in [5.74, 6) is 1.89. The van der Waals surface area contributed by atoms with Crippen LogP contribution in [0.25, 0.3) is 101 Å². The highest BCUT2D eigenvalue weighted by Gasteiger charge is 2.51. The van der Waals surface area contributed by atoms with Gasteiger partial charge in [0.25, 0.3) is 0 Å². The third-order valence-corrected chi connectivity index (χ3v) is 13.6. The first-order chi connectivity index (χ1) is 32.2. The Balaban J connectivity index is 0.957. The standard InChI is InChI=1S/C62H39N3/c1-3-18-40(19-4-1)46-22-7-9-26-51(46)60-63-59(64-61(65-60)52-27-10-8-23-47(52)41-20-5-2-6-21-41)45-37-35-42-38-44(36-34-43(42)39-45)48-29-17-33-57-58(48)53-28-13-16-32-56(53)62(57)54-30-14-11-24-49(54)50-25-12-15-31-55(50)62/h1-39H. The predicted octanol–water partition coefficient (Wildman–Crippen LogP) is 15.4. The van der Waals surface area contributed by atoms with Crippen LogP contribution in [0.3, 0.4) is 0 Å². The van der Waals surface area contributed by atoms with E-state index in [1.54, 1.807) is 0 Å². The van der Waals surface area contributed by atoms with E-state index in [4.69, 9.17) is 15.0 Å². The minimum atomic E-state index is -0.383. The number of nitrogens with zero attached hydrogens (tertiary/aromatic N) is 3. The van der Waals surface area contributed by atoms with Crippen LogP contribution in [0.1, 0.15) is 22.3 Å².